The molecular weight excluding hydrogens is 258 g/mol. The number of aromatic amines is 1. The maximum absolute atomic E-state index is 12.1. The topological polar surface area (TPSA) is 78.3 Å². The van der Waals surface area contributed by atoms with Gasteiger partial charge in [0.15, 0.2) is 0 Å². The number of aromatic nitrogens is 2. The predicted molar refractivity (Wildman–Crippen MR) is 77.3 cm³/mol. The molecule has 2 N–H and O–H groups in total. The fourth-order valence-electron chi connectivity index (χ4n) is 1.98. The average molecular weight is 277 g/mol. The molecule has 1 heterocycles. The third kappa shape index (κ3) is 2.46. The van der Waals surface area contributed by atoms with Crippen LogP contribution in [0.2, 0.25) is 0 Å². The SMILES string of the molecule is CN(C)C(C)(C)Cn1c(=O)[nH]c2cc(C(=O)O)ccc21. The first kappa shape index (κ1) is 14.3. The van der Waals surface area contributed by atoms with Crippen LogP contribution >= 0.6 is 0 Å². The number of nitrogens with zero attached hydrogens (tertiary/aromatic N) is 2. The molecule has 0 aliphatic heterocycles. The van der Waals surface area contributed by atoms with E-state index in [1.54, 1.807) is 10.6 Å². The van der Waals surface area contributed by atoms with Crippen LogP contribution in [0.15, 0.2) is 23.0 Å². The first-order chi connectivity index (χ1) is 9.22. The molecule has 0 saturated heterocycles. The molecule has 0 fully saturated rings. The molecule has 2 rings (SSSR count). The van der Waals surface area contributed by atoms with Crippen molar-refractivity contribution < 1.29 is 9.90 Å². The Kier molecular flexibility index (Phi) is 3.43. The third-order valence-electron chi connectivity index (χ3n) is 3.78. The lowest BCUT2D eigenvalue weighted by Gasteiger charge is -2.32. The largest absolute Gasteiger partial charge is 0.478 e. The van der Waals surface area contributed by atoms with Crippen molar-refractivity contribution in [3.63, 3.8) is 0 Å². The summed E-state index contributed by atoms with van der Waals surface area (Å²) in [5.41, 5.74) is 1.01. The number of rotatable bonds is 4. The smallest absolute Gasteiger partial charge is 0.335 e. The quantitative estimate of drug-likeness (QED) is 0.884. The van der Waals surface area contributed by atoms with E-state index in [0.717, 1.165) is 5.52 Å². The molecule has 108 valence electrons. The summed E-state index contributed by atoms with van der Waals surface area (Å²) in [5, 5.41) is 8.97. The van der Waals surface area contributed by atoms with E-state index >= 15 is 0 Å². The Balaban J connectivity index is 2.53. The van der Waals surface area contributed by atoms with Crippen LogP contribution in [0, 0.1) is 0 Å². The van der Waals surface area contributed by atoms with Crippen LogP contribution in [0.3, 0.4) is 0 Å². The van der Waals surface area contributed by atoms with Crippen molar-refractivity contribution in [3.05, 3.63) is 34.2 Å². The summed E-state index contributed by atoms with van der Waals surface area (Å²) in [6.45, 7) is 4.61. The first-order valence-corrected chi connectivity index (χ1v) is 6.35. The van der Waals surface area contributed by atoms with Crippen LogP contribution in [-0.4, -0.2) is 45.2 Å². The van der Waals surface area contributed by atoms with E-state index in [-0.39, 0.29) is 16.8 Å². The van der Waals surface area contributed by atoms with E-state index in [2.05, 4.69) is 4.98 Å². The Morgan fingerprint density at radius 2 is 2.05 bits per heavy atom. The summed E-state index contributed by atoms with van der Waals surface area (Å²) in [7, 11) is 3.92. The van der Waals surface area contributed by atoms with Gasteiger partial charge in [-0.3, -0.25) is 4.57 Å². The maximum atomic E-state index is 12.1. The fraction of sp³-hybridized carbons (Fsp3) is 0.429. The van der Waals surface area contributed by atoms with Crippen LogP contribution in [-0.2, 0) is 6.54 Å². The van der Waals surface area contributed by atoms with Gasteiger partial charge in [-0.05, 0) is 46.1 Å². The highest BCUT2D eigenvalue weighted by atomic mass is 16.4. The second kappa shape index (κ2) is 4.79. The van der Waals surface area contributed by atoms with Crippen LogP contribution in [0.1, 0.15) is 24.2 Å². The number of nitrogens with one attached hydrogen (secondary N) is 1. The predicted octanol–water partition coefficient (Wildman–Crippen LogP) is 1.37. The number of hydrogen-bond acceptors (Lipinski definition) is 3. The molecule has 0 bridgehead atoms. The van der Waals surface area contributed by atoms with Crippen LogP contribution < -0.4 is 5.69 Å². The second-order valence-corrected chi connectivity index (χ2v) is 5.76. The molecule has 1 aromatic carbocycles. The molecule has 0 amide bonds. The van der Waals surface area contributed by atoms with Gasteiger partial charge in [-0.2, -0.15) is 0 Å². The lowest BCUT2D eigenvalue weighted by atomic mass is 10.0. The number of carboxylic acid groups (broad SMARTS) is 1. The fourth-order valence-corrected chi connectivity index (χ4v) is 1.98. The standard InChI is InChI=1S/C14H19N3O3/c1-14(2,16(3)4)8-17-11-6-5-9(12(18)19)7-10(11)15-13(17)20/h5-7H,8H2,1-4H3,(H,15,20)(H,18,19). The van der Waals surface area contributed by atoms with E-state index in [4.69, 9.17) is 5.11 Å². The van der Waals surface area contributed by atoms with Crippen LogP contribution in [0.4, 0.5) is 0 Å². The Hall–Kier alpha value is -2.08. The number of aromatic carboxylic acids is 1. The van der Waals surface area contributed by atoms with Gasteiger partial charge in [-0.25, -0.2) is 9.59 Å². The third-order valence-corrected chi connectivity index (χ3v) is 3.78. The summed E-state index contributed by atoms with van der Waals surface area (Å²) in [5.74, 6) is -1.01. The molecule has 0 aliphatic rings. The minimum atomic E-state index is -1.01. The Morgan fingerprint density at radius 1 is 1.40 bits per heavy atom. The highest BCUT2D eigenvalue weighted by Gasteiger charge is 2.23. The number of imidazole rings is 1. The number of carboxylic acids is 1. The van der Waals surface area contributed by atoms with E-state index < -0.39 is 5.97 Å². The van der Waals surface area contributed by atoms with Crippen molar-refractivity contribution in [1.82, 2.24) is 14.5 Å². The first-order valence-electron chi connectivity index (χ1n) is 6.35. The van der Waals surface area contributed by atoms with Gasteiger partial charge >= 0.3 is 11.7 Å². The Morgan fingerprint density at radius 3 is 2.60 bits per heavy atom. The molecule has 0 saturated carbocycles. The van der Waals surface area contributed by atoms with Gasteiger partial charge < -0.3 is 15.0 Å². The second-order valence-electron chi connectivity index (χ2n) is 5.76. The van der Waals surface area contributed by atoms with E-state index in [1.165, 1.54) is 12.1 Å². The lowest BCUT2D eigenvalue weighted by Crippen LogP contribution is -2.43. The van der Waals surface area contributed by atoms with Crippen molar-refractivity contribution >= 4 is 17.0 Å². The molecule has 0 unspecified atom stereocenters. The molecule has 6 heteroatoms. The zero-order valence-electron chi connectivity index (χ0n) is 12.1. The Bertz CT molecular complexity index is 710. The monoisotopic (exact) mass is 277 g/mol. The zero-order valence-corrected chi connectivity index (χ0v) is 12.1. The minimum Gasteiger partial charge on any atom is -0.478 e. The number of benzene rings is 1. The average Bonchev–Trinajstić information content (AvgIpc) is 2.64. The lowest BCUT2D eigenvalue weighted by molar-refractivity contribution is 0.0697. The summed E-state index contributed by atoms with van der Waals surface area (Å²) in [4.78, 5) is 27.8. The van der Waals surface area contributed by atoms with Gasteiger partial charge in [0.25, 0.3) is 0 Å². The molecule has 2 aromatic rings. The van der Waals surface area contributed by atoms with Crippen molar-refractivity contribution in [2.45, 2.75) is 25.9 Å². The number of hydrogen-bond donors (Lipinski definition) is 2. The molecule has 1 aromatic heterocycles. The number of H-pyrrole nitrogens is 1. The van der Waals surface area contributed by atoms with E-state index in [0.29, 0.717) is 12.1 Å². The molecule has 6 nitrogen and oxygen atoms in total. The zero-order chi connectivity index (χ0) is 15.1. The van der Waals surface area contributed by atoms with Crippen molar-refractivity contribution in [2.75, 3.05) is 14.1 Å². The van der Waals surface area contributed by atoms with E-state index in [1.807, 2.05) is 32.8 Å². The number of likely N-dealkylation sites (N-methyl/N-ethyl adjacent to an activating group) is 1. The summed E-state index contributed by atoms with van der Waals surface area (Å²) in [6, 6.07) is 4.66. The Labute approximate surface area is 116 Å². The van der Waals surface area contributed by atoms with E-state index in [9.17, 15) is 9.59 Å². The normalized spacial score (nSPS) is 12.2. The van der Waals surface area contributed by atoms with Gasteiger partial charge in [0, 0.05) is 12.1 Å². The maximum Gasteiger partial charge on any atom is 0.335 e. The van der Waals surface area contributed by atoms with Gasteiger partial charge in [-0.15, -0.1) is 0 Å². The molecule has 0 atom stereocenters. The number of fused-ring (bicyclic) bond motifs is 1. The van der Waals surface area contributed by atoms with Gasteiger partial charge in [-0.1, -0.05) is 0 Å². The molecule has 0 radical (unpaired) electrons. The van der Waals surface area contributed by atoms with Gasteiger partial charge in [0.1, 0.15) is 0 Å². The summed E-state index contributed by atoms with van der Waals surface area (Å²) < 4.78 is 1.64. The molecule has 20 heavy (non-hydrogen) atoms. The molecular formula is C14H19N3O3. The summed E-state index contributed by atoms with van der Waals surface area (Å²) in [6.07, 6.45) is 0. The van der Waals surface area contributed by atoms with Crippen LogP contribution in [0.25, 0.3) is 11.0 Å². The number of carbonyl (C=O) groups is 1. The molecule has 0 spiro atoms. The van der Waals surface area contributed by atoms with Crippen molar-refractivity contribution in [1.29, 1.82) is 0 Å². The van der Waals surface area contributed by atoms with Crippen molar-refractivity contribution in [3.8, 4) is 0 Å². The van der Waals surface area contributed by atoms with Crippen LogP contribution in [0.5, 0.6) is 0 Å². The highest BCUT2D eigenvalue weighted by molar-refractivity contribution is 5.92. The molecule has 0 aliphatic carbocycles. The van der Waals surface area contributed by atoms with Gasteiger partial charge in [0.05, 0.1) is 16.6 Å². The summed E-state index contributed by atoms with van der Waals surface area (Å²) >= 11 is 0. The van der Waals surface area contributed by atoms with Crippen molar-refractivity contribution in [2.24, 2.45) is 0 Å². The van der Waals surface area contributed by atoms with Gasteiger partial charge in [0.2, 0.25) is 0 Å². The minimum absolute atomic E-state index is 0.165. The highest BCUT2D eigenvalue weighted by Crippen LogP contribution is 2.18.